The number of aryl methyl sites for hydroxylation is 1. The summed E-state index contributed by atoms with van der Waals surface area (Å²) < 4.78 is 1.65. The molecule has 4 rings (SSSR count). The monoisotopic (exact) mass is 391 g/mol. The average molecular weight is 392 g/mol. The third kappa shape index (κ3) is 3.08. The van der Waals surface area contributed by atoms with Crippen LogP contribution in [0.2, 0.25) is 5.02 Å². The number of carbonyl (C=O) groups is 2. The lowest BCUT2D eigenvalue weighted by Crippen LogP contribution is -2.57. The van der Waals surface area contributed by atoms with Gasteiger partial charge in [0.25, 0.3) is 5.91 Å². The van der Waals surface area contributed by atoms with Gasteiger partial charge in [0.1, 0.15) is 16.8 Å². The summed E-state index contributed by atoms with van der Waals surface area (Å²) in [4.78, 5) is 31.3. The molecule has 144 valence electrons. The number of carboxylic acid groups (broad SMARTS) is 1. The van der Waals surface area contributed by atoms with Gasteiger partial charge in [0, 0.05) is 19.3 Å². The molecule has 27 heavy (non-hydrogen) atoms. The molecular weight excluding hydrogens is 370 g/mol. The lowest BCUT2D eigenvalue weighted by atomic mass is 9.73. The molecule has 0 spiro atoms. The largest absolute Gasteiger partial charge is 0.481 e. The SMILES string of the molecule is Cc1nc2ccc(Cl)cn2c1C(=O)N1CC[C@H](O)[C@](CC2CC2)(C(=O)O)C1. The summed E-state index contributed by atoms with van der Waals surface area (Å²) in [6, 6.07) is 3.45. The molecule has 1 aliphatic heterocycles. The maximum atomic E-state index is 13.3. The minimum Gasteiger partial charge on any atom is -0.481 e. The normalized spacial score (nSPS) is 25.7. The van der Waals surface area contributed by atoms with Crippen molar-refractivity contribution in [1.29, 1.82) is 0 Å². The van der Waals surface area contributed by atoms with Crippen molar-refractivity contribution < 1.29 is 19.8 Å². The standard InChI is InChI=1S/C19H22ClN3O4/c1-11-16(23-9-13(20)4-5-15(23)21-11)17(25)22-7-6-14(24)19(10-22,18(26)27)8-12-2-3-12/h4-5,9,12,14,24H,2-3,6-8,10H2,1H3,(H,26,27)/t14-,19+/m0/s1. The molecule has 2 fully saturated rings. The van der Waals surface area contributed by atoms with E-state index < -0.39 is 17.5 Å². The van der Waals surface area contributed by atoms with E-state index in [-0.39, 0.29) is 18.9 Å². The summed E-state index contributed by atoms with van der Waals surface area (Å²) in [5, 5.41) is 20.9. The Morgan fingerprint density at radius 1 is 1.33 bits per heavy atom. The van der Waals surface area contributed by atoms with Gasteiger partial charge in [0.15, 0.2) is 0 Å². The van der Waals surface area contributed by atoms with Gasteiger partial charge in [0.05, 0.1) is 16.8 Å². The van der Waals surface area contributed by atoms with Crippen LogP contribution in [0.15, 0.2) is 18.3 Å². The first kappa shape index (κ1) is 18.3. The van der Waals surface area contributed by atoms with Crippen LogP contribution < -0.4 is 0 Å². The van der Waals surface area contributed by atoms with Gasteiger partial charge in [-0.15, -0.1) is 0 Å². The zero-order chi connectivity index (χ0) is 19.3. The number of carbonyl (C=O) groups excluding carboxylic acids is 1. The van der Waals surface area contributed by atoms with Crippen molar-refractivity contribution in [2.75, 3.05) is 13.1 Å². The summed E-state index contributed by atoms with van der Waals surface area (Å²) in [5.41, 5.74) is 0.257. The second-order valence-corrected chi connectivity index (χ2v) is 8.20. The van der Waals surface area contributed by atoms with E-state index in [0.29, 0.717) is 40.9 Å². The smallest absolute Gasteiger partial charge is 0.314 e. The van der Waals surface area contributed by atoms with Crippen LogP contribution in [0.25, 0.3) is 5.65 Å². The topological polar surface area (TPSA) is 95.1 Å². The average Bonchev–Trinajstić information content (AvgIpc) is 3.37. The van der Waals surface area contributed by atoms with E-state index in [1.54, 1.807) is 34.6 Å². The molecular formula is C19H22ClN3O4. The molecule has 1 saturated carbocycles. The van der Waals surface area contributed by atoms with E-state index in [1.807, 2.05) is 0 Å². The number of aliphatic hydroxyl groups excluding tert-OH is 1. The van der Waals surface area contributed by atoms with Gasteiger partial charge in [0.2, 0.25) is 0 Å². The van der Waals surface area contributed by atoms with E-state index in [0.717, 1.165) is 12.8 Å². The van der Waals surface area contributed by atoms with Crippen LogP contribution in [0, 0.1) is 18.3 Å². The molecule has 2 aromatic heterocycles. The van der Waals surface area contributed by atoms with Crippen LogP contribution in [0.3, 0.4) is 0 Å². The number of rotatable bonds is 4. The molecule has 1 aliphatic carbocycles. The lowest BCUT2D eigenvalue weighted by molar-refractivity contribution is -0.163. The van der Waals surface area contributed by atoms with Crippen molar-refractivity contribution in [2.45, 2.75) is 38.7 Å². The Morgan fingerprint density at radius 2 is 2.07 bits per heavy atom. The van der Waals surface area contributed by atoms with Crippen molar-refractivity contribution in [3.8, 4) is 0 Å². The number of nitrogens with zero attached hydrogens (tertiary/aromatic N) is 3. The molecule has 7 nitrogen and oxygen atoms in total. The molecule has 0 radical (unpaired) electrons. The predicted octanol–water partition coefficient (Wildman–Crippen LogP) is 2.37. The predicted molar refractivity (Wildman–Crippen MR) is 98.9 cm³/mol. The number of amides is 1. The first-order valence-electron chi connectivity index (χ1n) is 9.17. The van der Waals surface area contributed by atoms with Gasteiger partial charge >= 0.3 is 5.97 Å². The highest BCUT2D eigenvalue weighted by Gasteiger charge is 2.52. The zero-order valence-corrected chi connectivity index (χ0v) is 15.8. The molecule has 0 aromatic carbocycles. The Balaban J connectivity index is 1.69. The van der Waals surface area contributed by atoms with Crippen LogP contribution >= 0.6 is 11.6 Å². The Labute approximate surface area is 161 Å². The van der Waals surface area contributed by atoms with Gasteiger partial charge < -0.3 is 15.1 Å². The van der Waals surface area contributed by atoms with Gasteiger partial charge in [-0.1, -0.05) is 24.4 Å². The molecule has 1 saturated heterocycles. The molecule has 2 N–H and O–H groups in total. The number of aliphatic hydroxyl groups is 1. The Morgan fingerprint density at radius 3 is 2.74 bits per heavy atom. The molecule has 3 heterocycles. The lowest BCUT2D eigenvalue weighted by Gasteiger charge is -2.43. The zero-order valence-electron chi connectivity index (χ0n) is 15.1. The molecule has 0 unspecified atom stereocenters. The van der Waals surface area contributed by atoms with E-state index in [2.05, 4.69) is 4.98 Å². The number of piperidine rings is 1. The second kappa shape index (κ2) is 6.49. The van der Waals surface area contributed by atoms with Crippen molar-refractivity contribution in [3.63, 3.8) is 0 Å². The van der Waals surface area contributed by atoms with Crippen molar-refractivity contribution in [3.05, 3.63) is 34.7 Å². The number of hydrogen-bond donors (Lipinski definition) is 2. The van der Waals surface area contributed by atoms with Crippen molar-refractivity contribution in [1.82, 2.24) is 14.3 Å². The molecule has 0 bridgehead atoms. The van der Waals surface area contributed by atoms with E-state index >= 15 is 0 Å². The fourth-order valence-electron chi connectivity index (χ4n) is 4.13. The first-order valence-corrected chi connectivity index (χ1v) is 9.54. The summed E-state index contributed by atoms with van der Waals surface area (Å²) in [6.07, 6.45) is 3.32. The molecule has 1 amide bonds. The number of halogens is 1. The van der Waals surface area contributed by atoms with Gasteiger partial charge in [-0.25, -0.2) is 4.98 Å². The first-order chi connectivity index (χ1) is 12.8. The summed E-state index contributed by atoms with van der Waals surface area (Å²) in [5.74, 6) is -0.991. The van der Waals surface area contributed by atoms with Gasteiger partial charge in [-0.2, -0.15) is 0 Å². The third-order valence-corrected chi connectivity index (χ3v) is 6.03. The number of aromatic nitrogens is 2. The number of hydrogen-bond acceptors (Lipinski definition) is 4. The number of imidazole rings is 1. The highest BCUT2D eigenvalue weighted by Crippen LogP contribution is 2.45. The van der Waals surface area contributed by atoms with Crippen LogP contribution in [-0.2, 0) is 4.79 Å². The molecule has 8 heteroatoms. The fraction of sp³-hybridized carbons (Fsp3) is 0.526. The maximum absolute atomic E-state index is 13.3. The molecule has 2 atom stereocenters. The third-order valence-electron chi connectivity index (χ3n) is 5.81. The summed E-state index contributed by atoms with van der Waals surface area (Å²) >= 11 is 6.08. The van der Waals surface area contributed by atoms with Crippen LogP contribution in [0.5, 0.6) is 0 Å². The Hall–Kier alpha value is -2.12. The number of likely N-dealkylation sites (tertiary alicyclic amines) is 1. The van der Waals surface area contributed by atoms with E-state index in [1.165, 1.54) is 0 Å². The maximum Gasteiger partial charge on any atom is 0.314 e. The van der Waals surface area contributed by atoms with Crippen LogP contribution in [0.1, 0.15) is 41.9 Å². The summed E-state index contributed by atoms with van der Waals surface area (Å²) in [7, 11) is 0. The van der Waals surface area contributed by atoms with Crippen molar-refractivity contribution in [2.24, 2.45) is 11.3 Å². The summed E-state index contributed by atoms with van der Waals surface area (Å²) in [6.45, 7) is 2.07. The number of carboxylic acids is 1. The number of fused-ring (bicyclic) bond motifs is 1. The van der Waals surface area contributed by atoms with Gasteiger partial charge in [-0.05, 0) is 37.8 Å². The van der Waals surface area contributed by atoms with Gasteiger partial charge in [-0.3, -0.25) is 14.0 Å². The van der Waals surface area contributed by atoms with E-state index in [9.17, 15) is 19.8 Å². The van der Waals surface area contributed by atoms with Crippen LogP contribution in [-0.4, -0.2) is 55.6 Å². The minimum atomic E-state index is -1.30. The quantitative estimate of drug-likeness (QED) is 0.834. The number of aliphatic carboxylic acids is 1. The Bertz CT molecular complexity index is 923. The second-order valence-electron chi connectivity index (χ2n) is 7.76. The molecule has 2 aliphatic rings. The minimum absolute atomic E-state index is 0.00602. The van der Waals surface area contributed by atoms with E-state index in [4.69, 9.17) is 11.6 Å². The Kier molecular flexibility index (Phi) is 4.39. The van der Waals surface area contributed by atoms with Crippen molar-refractivity contribution >= 4 is 29.1 Å². The molecule has 2 aromatic rings. The number of pyridine rings is 1. The highest BCUT2D eigenvalue weighted by molar-refractivity contribution is 6.30. The van der Waals surface area contributed by atoms with Crippen LogP contribution in [0.4, 0.5) is 0 Å². The highest BCUT2D eigenvalue weighted by atomic mass is 35.5. The fourth-order valence-corrected chi connectivity index (χ4v) is 4.29.